The molecule has 0 heterocycles. The Labute approximate surface area is 104 Å². The van der Waals surface area contributed by atoms with Gasteiger partial charge in [-0.25, -0.2) is 0 Å². The second kappa shape index (κ2) is 5.52. The molecule has 1 aliphatic rings. The van der Waals surface area contributed by atoms with Crippen LogP contribution < -0.4 is 5.32 Å². The highest BCUT2D eigenvalue weighted by Crippen LogP contribution is 2.27. The van der Waals surface area contributed by atoms with Crippen LogP contribution in [0.5, 0.6) is 0 Å². The number of hydrogen-bond donors (Lipinski definition) is 1. The van der Waals surface area contributed by atoms with Crippen molar-refractivity contribution in [3.05, 3.63) is 29.8 Å². The van der Waals surface area contributed by atoms with E-state index in [0.717, 1.165) is 19.4 Å². The van der Waals surface area contributed by atoms with E-state index in [4.69, 9.17) is 4.74 Å². The molecule has 0 spiro atoms. The first-order chi connectivity index (χ1) is 8.19. The Morgan fingerprint density at radius 3 is 2.65 bits per heavy atom. The molecule has 0 amide bonds. The van der Waals surface area contributed by atoms with Crippen molar-refractivity contribution >= 4 is 5.69 Å². The molecule has 0 atom stereocenters. The summed E-state index contributed by atoms with van der Waals surface area (Å²) < 4.78 is 5.30. The number of nitrogens with zero attached hydrogens (tertiary/aromatic N) is 1. The molecule has 1 saturated carbocycles. The van der Waals surface area contributed by atoms with Crippen molar-refractivity contribution < 1.29 is 4.74 Å². The van der Waals surface area contributed by atoms with Crippen LogP contribution in [0, 0.1) is 0 Å². The maximum absolute atomic E-state index is 5.30. The molecule has 3 heteroatoms. The molecule has 0 saturated heterocycles. The minimum atomic E-state index is 0.452. The highest BCUT2D eigenvalue weighted by atomic mass is 16.5. The molecule has 17 heavy (non-hydrogen) atoms. The van der Waals surface area contributed by atoms with E-state index in [1.165, 1.54) is 11.3 Å². The van der Waals surface area contributed by atoms with Crippen LogP contribution >= 0.6 is 0 Å². The monoisotopic (exact) mass is 234 g/mol. The van der Waals surface area contributed by atoms with E-state index in [9.17, 15) is 0 Å². The topological polar surface area (TPSA) is 24.5 Å². The molecule has 1 aromatic rings. The van der Waals surface area contributed by atoms with Crippen LogP contribution in [0.15, 0.2) is 24.3 Å². The Balaban J connectivity index is 1.96. The second-order valence-electron chi connectivity index (χ2n) is 5.07. The highest BCUT2D eigenvalue weighted by molar-refractivity contribution is 5.52. The van der Waals surface area contributed by atoms with Crippen molar-refractivity contribution in [1.29, 1.82) is 0 Å². The lowest BCUT2D eigenvalue weighted by Crippen LogP contribution is -2.40. The molecule has 0 aliphatic heterocycles. The summed E-state index contributed by atoms with van der Waals surface area (Å²) in [7, 11) is 5.99. The van der Waals surface area contributed by atoms with Crippen molar-refractivity contribution in [2.24, 2.45) is 0 Å². The molecule has 0 aromatic heterocycles. The second-order valence-corrected chi connectivity index (χ2v) is 5.07. The normalized spacial score (nSPS) is 23.5. The van der Waals surface area contributed by atoms with Gasteiger partial charge in [-0.15, -0.1) is 0 Å². The van der Waals surface area contributed by atoms with Gasteiger partial charge in [-0.1, -0.05) is 18.2 Å². The maximum atomic E-state index is 5.30. The average molecular weight is 234 g/mol. The quantitative estimate of drug-likeness (QED) is 0.846. The van der Waals surface area contributed by atoms with Gasteiger partial charge in [0.25, 0.3) is 0 Å². The van der Waals surface area contributed by atoms with Gasteiger partial charge in [-0.05, 0) is 38.6 Å². The van der Waals surface area contributed by atoms with Crippen molar-refractivity contribution in [3.8, 4) is 0 Å². The van der Waals surface area contributed by atoms with Crippen LogP contribution in [-0.4, -0.2) is 38.3 Å². The maximum Gasteiger partial charge on any atom is 0.0610 e. The fourth-order valence-electron chi connectivity index (χ4n) is 2.24. The van der Waals surface area contributed by atoms with E-state index < -0.39 is 0 Å². The fraction of sp³-hybridized carbons (Fsp3) is 0.571. The van der Waals surface area contributed by atoms with Gasteiger partial charge in [0.05, 0.1) is 6.10 Å². The minimum absolute atomic E-state index is 0.452. The lowest BCUT2D eigenvalue weighted by Gasteiger charge is -2.36. The Kier molecular flexibility index (Phi) is 4.02. The predicted molar refractivity (Wildman–Crippen MR) is 71.3 cm³/mol. The standard InChI is InChI=1S/C14H22N2O/c1-16(2)10-11-6-4-5-7-14(11)15-12-8-13(9-12)17-3/h4-7,12-13,15H,8-10H2,1-3H3. The van der Waals surface area contributed by atoms with Gasteiger partial charge in [0, 0.05) is 25.4 Å². The number of benzene rings is 1. The number of rotatable bonds is 5. The summed E-state index contributed by atoms with van der Waals surface area (Å²) in [5.41, 5.74) is 2.62. The molecule has 1 aromatic carbocycles. The number of hydrogen-bond acceptors (Lipinski definition) is 3. The van der Waals surface area contributed by atoms with Gasteiger partial charge in [-0.3, -0.25) is 0 Å². The number of para-hydroxylation sites is 1. The summed E-state index contributed by atoms with van der Waals surface area (Å²) in [4.78, 5) is 2.19. The third-order valence-corrected chi connectivity index (χ3v) is 3.29. The fourth-order valence-corrected chi connectivity index (χ4v) is 2.24. The molecule has 3 nitrogen and oxygen atoms in total. The Morgan fingerprint density at radius 2 is 2.00 bits per heavy atom. The van der Waals surface area contributed by atoms with Crippen molar-refractivity contribution in [2.45, 2.75) is 31.5 Å². The van der Waals surface area contributed by atoms with Gasteiger partial charge >= 0.3 is 0 Å². The summed E-state index contributed by atoms with van der Waals surface area (Å²) >= 11 is 0. The Bertz CT molecular complexity index is 359. The lowest BCUT2D eigenvalue weighted by atomic mass is 9.89. The number of methoxy groups -OCH3 is 1. The first kappa shape index (κ1) is 12.4. The molecule has 94 valence electrons. The van der Waals surface area contributed by atoms with Crippen LogP contribution in [0.4, 0.5) is 5.69 Å². The molecular weight excluding hydrogens is 212 g/mol. The van der Waals surface area contributed by atoms with Crippen LogP contribution in [-0.2, 0) is 11.3 Å². The minimum Gasteiger partial charge on any atom is -0.382 e. The zero-order valence-electron chi connectivity index (χ0n) is 10.9. The third kappa shape index (κ3) is 3.20. The average Bonchev–Trinajstić information content (AvgIpc) is 2.24. The summed E-state index contributed by atoms with van der Waals surface area (Å²) in [5.74, 6) is 0. The van der Waals surface area contributed by atoms with Crippen LogP contribution in [0.3, 0.4) is 0 Å². The number of ether oxygens (including phenoxy) is 1. The molecule has 0 radical (unpaired) electrons. The first-order valence-corrected chi connectivity index (χ1v) is 6.21. The zero-order valence-corrected chi connectivity index (χ0v) is 10.9. The molecule has 2 rings (SSSR count). The Hall–Kier alpha value is -1.06. The molecule has 0 bridgehead atoms. The van der Waals surface area contributed by atoms with E-state index in [-0.39, 0.29) is 0 Å². The van der Waals surface area contributed by atoms with E-state index in [2.05, 4.69) is 48.6 Å². The highest BCUT2D eigenvalue weighted by Gasteiger charge is 2.29. The van der Waals surface area contributed by atoms with Gasteiger partial charge in [0.15, 0.2) is 0 Å². The van der Waals surface area contributed by atoms with E-state index in [0.29, 0.717) is 12.1 Å². The first-order valence-electron chi connectivity index (χ1n) is 6.21. The van der Waals surface area contributed by atoms with Crippen molar-refractivity contribution in [3.63, 3.8) is 0 Å². The summed E-state index contributed by atoms with van der Waals surface area (Å²) in [6.45, 7) is 0.976. The summed E-state index contributed by atoms with van der Waals surface area (Å²) in [6.07, 6.45) is 2.69. The summed E-state index contributed by atoms with van der Waals surface area (Å²) in [5, 5.41) is 3.61. The molecular formula is C14H22N2O. The zero-order chi connectivity index (χ0) is 12.3. The third-order valence-electron chi connectivity index (χ3n) is 3.29. The molecule has 1 aliphatic carbocycles. The number of nitrogens with one attached hydrogen (secondary N) is 1. The van der Waals surface area contributed by atoms with E-state index >= 15 is 0 Å². The molecule has 0 unspecified atom stereocenters. The van der Waals surface area contributed by atoms with Crippen molar-refractivity contribution in [1.82, 2.24) is 4.90 Å². The summed E-state index contributed by atoms with van der Waals surface area (Å²) in [6, 6.07) is 9.12. The Morgan fingerprint density at radius 1 is 1.29 bits per heavy atom. The van der Waals surface area contributed by atoms with E-state index in [1.807, 2.05) is 0 Å². The smallest absolute Gasteiger partial charge is 0.0610 e. The van der Waals surface area contributed by atoms with Gasteiger partial charge in [-0.2, -0.15) is 0 Å². The van der Waals surface area contributed by atoms with Crippen LogP contribution in [0.1, 0.15) is 18.4 Å². The predicted octanol–water partition coefficient (Wildman–Crippen LogP) is 2.34. The largest absolute Gasteiger partial charge is 0.382 e. The van der Waals surface area contributed by atoms with Crippen LogP contribution in [0.25, 0.3) is 0 Å². The van der Waals surface area contributed by atoms with E-state index in [1.54, 1.807) is 7.11 Å². The van der Waals surface area contributed by atoms with Gasteiger partial charge < -0.3 is 15.0 Å². The van der Waals surface area contributed by atoms with Crippen molar-refractivity contribution in [2.75, 3.05) is 26.5 Å². The molecule has 1 N–H and O–H groups in total. The van der Waals surface area contributed by atoms with Crippen LogP contribution in [0.2, 0.25) is 0 Å². The SMILES string of the molecule is COC1CC(Nc2ccccc2CN(C)C)C1. The molecule has 1 fully saturated rings. The number of anilines is 1. The lowest BCUT2D eigenvalue weighted by molar-refractivity contribution is 0.0328. The van der Waals surface area contributed by atoms with Gasteiger partial charge in [0.1, 0.15) is 0 Å². The van der Waals surface area contributed by atoms with Gasteiger partial charge in [0.2, 0.25) is 0 Å².